The molecule has 0 bridgehead atoms. The van der Waals surface area contributed by atoms with Crippen LogP contribution in [0.2, 0.25) is 0 Å². The van der Waals surface area contributed by atoms with E-state index in [2.05, 4.69) is 16.8 Å². The maximum absolute atomic E-state index is 11.7. The van der Waals surface area contributed by atoms with Gasteiger partial charge in [-0.3, -0.25) is 4.79 Å². The molecule has 0 aliphatic carbocycles. The highest BCUT2D eigenvalue weighted by molar-refractivity contribution is 7.90. The van der Waals surface area contributed by atoms with E-state index in [-0.39, 0.29) is 0 Å². The third-order valence-corrected chi connectivity index (χ3v) is 4.37. The van der Waals surface area contributed by atoms with Crippen LogP contribution in [0.1, 0.15) is 10.4 Å². The molecule has 1 unspecified atom stereocenters. The topological polar surface area (TPSA) is 72.6 Å². The van der Waals surface area contributed by atoms with Gasteiger partial charge in [0.05, 0.1) is 5.56 Å². The molecule has 104 valence electrons. The van der Waals surface area contributed by atoms with Crippen molar-refractivity contribution in [3.63, 3.8) is 0 Å². The Morgan fingerprint density at radius 1 is 1.32 bits per heavy atom. The van der Waals surface area contributed by atoms with Gasteiger partial charge in [0.1, 0.15) is 6.26 Å². The zero-order chi connectivity index (χ0) is 14.0. The van der Waals surface area contributed by atoms with Crippen molar-refractivity contribution >= 4 is 22.8 Å². The number of carbonyl (C=O) groups is 1. The molecule has 1 amide bonds. The zero-order valence-electron chi connectivity index (χ0n) is 11.3. The van der Waals surface area contributed by atoms with Crippen LogP contribution in [-0.2, 0) is 11.2 Å². The van der Waals surface area contributed by atoms with E-state index in [1.165, 1.54) is 0 Å². The molecule has 1 aliphatic heterocycles. The van der Waals surface area contributed by atoms with Crippen LogP contribution < -0.4 is 10.6 Å². The summed E-state index contributed by atoms with van der Waals surface area (Å²) >= 11 is -1.22. The van der Waals surface area contributed by atoms with Gasteiger partial charge in [-0.2, -0.15) is 0 Å². The molecule has 1 fully saturated rings. The maximum atomic E-state index is 11.7. The molecule has 0 saturated carbocycles. The SMILES string of the molecule is CN1CCN(c2ccc(C(N)=O)c([S+](C)[O-])c2)CC1. The summed E-state index contributed by atoms with van der Waals surface area (Å²) in [5.74, 6) is -0.532. The molecule has 5 nitrogen and oxygen atoms in total. The van der Waals surface area contributed by atoms with Crippen molar-refractivity contribution in [2.45, 2.75) is 4.90 Å². The van der Waals surface area contributed by atoms with Crippen LogP contribution in [-0.4, -0.2) is 54.8 Å². The summed E-state index contributed by atoms with van der Waals surface area (Å²) in [5.41, 5.74) is 6.65. The third kappa shape index (κ3) is 3.20. The number of amides is 1. The molecule has 0 radical (unpaired) electrons. The Hall–Kier alpha value is -1.24. The lowest BCUT2D eigenvalue weighted by atomic mass is 10.1. The predicted octanol–water partition coefficient (Wildman–Crippen LogP) is 0.275. The molecule has 1 aromatic rings. The van der Waals surface area contributed by atoms with Crippen molar-refractivity contribution in [3.8, 4) is 0 Å². The minimum atomic E-state index is -1.22. The van der Waals surface area contributed by atoms with E-state index in [4.69, 9.17) is 5.73 Å². The predicted molar refractivity (Wildman–Crippen MR) is 77.0 cm³/mol. The molecule has 1 aromatic carbocycles. The summed E-state index contributed by atoms with van der Waals surface area (Å²) in [4.78, 5) is 16.4. The van der Waals surface area contributed by atoms with Gasteiger partial charge in [-0.05, 0) is 30.4 Å². The van der Waals surface area contributed by atoms with Gasteiger partial charge in [0.15, 0.2) is 4.90 Å². The Morgan fingerprint density at radius 2 is 1.95 bits per heavy atom. The van der Waals surface area contributed by atoms with E-state index in [1.54, 1.807) is 12.3 Å². The molecule has 0 spiro atoms. The lowest BCUT2D eigenvalue weighted by Gasteiger charge is -2.34. The first-order chi connectivity index (χ1) is 8.99. The smallest absolute Gasteiger partial charge is 0.253 e. The molecule has 1 aliphatic rings. The summed E-state index contributed by atoms with van der Waals surface area (Å²) in [6.45, 7) is 3.87. The zero-order valence-corrected chi connectivity index (χ0v) is 12.1. The highest BCUT2D eigenvalue weighted by atomic mass is 32.2. The Bertz CT molecular complexity index is 471. The van der Waals surface area contributed by atoms with Crippen LogP contribution in [0.5, 0.6) is 0 Å². The number of carbonyl (C=O) groups excluding carboxylic acids is 1. The number of nitrogens with two attached hydrogens (primary N) is 1. The quantitative estimate of drug-likeness (QED) is 0.808. The van der Waals surface area contributed by atoms with Crippen LogP contribution in [0.3, 0.4) is 0 Å². The highest BCUT2D eigenvalue weighted by Crippen LogP contribution is 2.24. The average Bonchev–Trinajstić information content (AvgIpc) is 2.38. The van der Waals surface area contributed by atoms with Gasteiger partial charge >= 0.3 is 0 Å². The van der Waals surface area contributed by atoms with Crippen LogP contribution in [0.4, 0.5) is 5.69 Å². The van der Waals surface area contributed by atoms with Crippen molar-refractivity contribution < 1.29 is 9.35 Å². The normalized spacial score (nSPS) is 18.4. The molecular weight excluding hydrogens is 262 g/mol. The van der Waals surface area contributed by atoms with Crippen LogP contribution in [0.15, 0.2) is 23.1 Å². The molecule has 0 aromatic heterocycles. The van der Waals surface area contributed by atoms with Gasteiger partial charge in [0.25, 0.3) is 5.91 Å². The van der Waals surface area contributed by atoms with Gasteiger partial charge in [-0.25, -0.2) is 0 Å². The number of piperazine rings is 1. The standard InChI is InChI=1S/C13H19N3O2S/c1-15-5-7-16(8-6-15)10-3-4-11(13(14)17)12(9-10)19(2)18/h3-4,9H,5-8H2,1-2H3,(H2,14,17). The summed E-state index contributed by atoms with van der Waals surface area (Å²) in [5, 5.41) is 0. The number of anilines is 1. The number of nitrogens with zero attached hydrogens (tertiary/aromatic N) is 2. The number of likely N-dealkylation sites (N-methyl/N-ethyl adjacent to an activating group) is 1. The van der Waals surface area contributed by atoms with Crippen molar-refractivity contribution in [1.82, 2.24) is 4.90 Å². The van der Waals surface area contributed by atoms with Gasteiger partial charge in [-0.1, -0.05) is 0 Å². The van der Waals surface area contributed by atoms with E-state index < -0.39 is 17.1 Å². The maximum Gasteiger partial charge on any atom is 0.253 e. The molecule has 1 heterocycles. The van der Waals surface area contributed by atoms with Gasteiger partial charge < -0.3 is 20.1 Å². The first-order valence-electron chi connectivity index (χ1n) is 6.20. The number of rotatable bonds is 3. The molecule has 1 atom stereocenters. The van der Waals surface area contributed by atoms with E-state index >= 15 is 0 Å². The largest absolute Gasteiger partial charge is 0.612 e. The Kier molecular flexibility index (Phi) is 4.34. The number of primary amides is 1. The van der Waals surface area contributed by atoms with E-state index in [1.807, 2.05) is 12.1 Å². The van der Waals surface area contributed by atoms with E-state index in [9.17, 15) is 9.35 Å². The molecule has 2 N–H and O–H groups in total. The Balaban J connectivity index is 2.28. The second kappa shape index (κ2) is 5.81. The molecular formula is C13H19N3O2S. The fraction of sp³-hybridized carbons (Fsp3) is 0.462. The van der Waals surface area contributed by atoms with E-state index in [0.717, 1.165) is 31.9 Å². The number of hydrogen-bond donors (Lipinski definition) is 1. The molecule has 6 heteroatoms. The van der Waals surface area contributed by atoms with Crippen molar-refractivity contribution in [2.24, 2.45) is 5.73 Å². The Morgan fingerprint density at radius 3 is 2.47 bits per heavy atom. The number of hydrogen-bond acceptors (Lipinski definition) is 4. The second-order valence-corrected chi connectivity index (χ2v) is 6.14. The van der Waals surface area contributed by atoms with Gasteiger partial charge in [0, 0.05) is 37.9 Å². The fourth-order valence-corrected chi connectivity index (χ4v) is 2.98. The lowest BCUT2D eigenvalue weighted by Crippen LogP contribution is -2.44. The van der Waals surface area contributed by atoms with Crippen molar-refractivity contribution in [2.75, 3.05) is 44.4 Å². The average molecular weight is 281 g/mol. The molecule has 2 rings (SSSR count). The molecule has 1 saturated heterocycles. The first kappa shape index (κ1) is 14.2. The molecule has 19 heavy (non-hydrogen) atoms. The number of benzene rings is 1. The first-order valence-corrected chi connectivity index (χ1v) is 7.75. The minimum Gasteiger partial charge on any atom is -0.612 e. The van der Waals surface area contributed by atoms with Crippen LogP contribution in [0, 0.1) is 0 Å². The van der Waals surface area contributed by atoms with Crippen molar-refractivity contribution in [1.29, 1.82) is 0 Å². The van der Waals surface area contributed by atoms with Crippen LogP contribution in [0.25, 0.3) is 0 Å². The second-order valence-electron chi connectivity index (χ2n) is 4.79. The summed E-state index contributed by atoms with van der Waals surface area (Å²) in [6.07, 6.45) is 1.57. The van der Waals surface area contributed by atoms with Gasteiger partial charge in [0.2, 0.25) is 0 Å². The monoisotopic (exact) mass is 281 g/mol. The lowest BCUT2D eigenvalue weighted by molar-refractivity contribution is 0.0997. The summed E-state index contributed by atoms with van der Waals surface area (Å²) < 4.78 is 11.7. The third-order valence-electron chi connectivity index (χ3n) is 3.41. The minimum absolute atomic E-state index is 0.346. The highest BCUT2D eigenvalue weighted by Gasteiger charge is 2.20. The summed E-state index contributed by atoms with van der Waals surface area (Å²) in [7, 11) is 2.10. The van der Waals surface area contributed by atoms with Crippen molar-refractivity contribution in [3.05, 3.63) is 23.8 Å². The fourth-order valence-electron chi connectivity index (χ4n) is 2.21. The van der Waals surface area contributed by atoms with Crippen LogP contribution >= 0.6 is 0 Å². The van der Waals surface area contributed by atoms with Gasteiger partial charge in [-0.15, -0.1) is 0 Å². The van der Waals surface area contributed by atoms with E-state index in [0.29, 0.717) is 10.5 Å². The Labute approximate surface area is 116 Å². The summed E-state index contributed by atoms with van der Waals surface area (Å²) in [6, 6.07) is 5.37.